The predicted molar refractivity (Wildman–Crippen MR) is 234 cm³/mol. The maximum Gasteiger partial charge on any atom is 0.238 e. The number of nitrogens with zero attached hydrogens (tertiary/aromatic N) is 6. The normalized spacial score (nSPS) is 11.9. The van der Waals surface area contributed by atoms with Crippen LogP contribution >= 0.6 is 0 Å². The monoisotopic (exact) mass is 728 g/mol. The third-order valence-corrected chi connectivity index (χ3v) is 11.3. The number of hydrogen-bond acceptors (Lipinski definition) is 3. The Morgan fingerprint density at radius 3 is 1.11 bits per heavy atom. The summed E-state index contributed by atoms with van der Waals surface area (Å²) in [5.41, 5.74) is 10.7. The predicted octanol–water partition coefficient (Wildman–Crippen LogP) is 12.5. The van der Waals surface area contributed by atoms with Crippen LogP contribution in [0.5, 0.6) is 0 Å². The molecule has 6 heteroatoms. The van der Waals surface area contributed by atoms with Crippen LogP contribution in [0.4, 0.5) is 0 Å². The number of fused-ring (bicyclic) bond motifs is 12. The van der Waals surface area contributed by atoms with Gasteiger partial charge in [0.15, 0.2) is 11.6 Å². The van der Waals surface area contributed by atoms with E-state index in [4.69, 9.17) is 15.0 Å². The number of aromatic nitrogens is 6. The zero-order valence-corrected chi connectivity index (χ0v) is 30.7. The van der Waals surface area contributed by atoms with Gasteiger partial charge in [-0.15, -0.1) is 0 Å². The molecule has 4 aromatic heterocycles. The number of hydrogen-bond donors (Lipinski definition) is 0. The van der Waals surface area contributed by atoms with E-state index in [1.54, 1.807) is 0 Å². The molecule has 0 aliphatic rings. The van der Waals surface area contributed by atoms with Crippen LogP contribution in [-0.2, 0) is 0 Å². The fourth-order valence-electron chi connectivity index (χ4n) is 8.95. The molecule has 6 nitrogen and oxygen atoms in total. The Labute approximate surface area is 327 Å². The summed E-state index contributed by atoms with van der Waals surface area (Å²) in [4.78, 5) is 15.8. The molecular formula is C51H32N6. The molecule has 266 valence electrons. The quantitative estimate of drug-likeness (QED) is 0.177. The molecule has 0 saturated heterocycles. The molecule has 0 fully saturated rings. The maximum absolute atomic E-state index is 5.35. The van der Waals surface area contributed by atoms with Crippen molar-refractivity contribution in [2.45, 2.75) is 0 Å². The Morgan fingerprint density at radius 2 is 0.632 bits per heavy atom. The van der Waals surface area contributed by atoms with Crippen molar-refractivity contribution in [3.05, 3.63) is 194 Å². The Balaban J connectivity index is 1.38. The van der Waals surface area contributed by atoms with E-state index in [0.717, 1.165) is 77.1 Å². The summed E-state index contributed by atoms with van der Waals surface area (Å²) in [6.45, 7) is 0. The van der Waals surface area contributed by atoms with Crippen LogP contribution < -0.4 is 0 Å². The maximum atomic E-state index is 5.35. The van der Waals surface area contributed by atoms with E-state index >= 15 is 0 Å². The van der Waals surface area contributed by atoms with E-state index in [9.17, 15) is 0 Å². The first-order valence-corrected chi connectivity index (χ1v) is 19.2. The van der Waals surface area contributed by atoms with E-state index < -0.39 is 0 Å². The summed E-state index contributed by atoms with van der Waals surface area (Å²) in [6, 6.07) is 68.2. The van der Waals surface area contributed by atoms with Gasteiger partial charge in [-0.05, 0) is 42.5 Å². The molecular weight excluding hydrogens is 697 g/mol. The first kappa shape index (κ1) is 31.5. The third kappa shape index (κ3) is 4.61. The highest BCUT2D eigenvalue weighted by molar-refractivity contribution is 6.40. The summed E-state index contributed by atoms with van der Waals surface area (Å²) in [5.74, 6) is 1.81. The van der Waals surface area contributed by atoms with Gasteiger partial charge >= 0.3 is 0 Å². The largest absolute Gasteiger partial charge is 0.307 e. The fourth-order valence-corrected chi connectivity index (χ4v) is 8.95. The average Bonchev–Trinajstić information content (AvgIpc) is 3.94. The van der Waals surface area contributed by atoms with Gasteiger partial charge in [-0.25, -0.2) is 4.98 Å². The van der Waals surface area contributed by atoms with Crippen molar-refractivity contribution >= 4 is 65.4 Å². The van der Waals surface area contributed by atoms with Crippen molar-refractivity contribution in [2.75, 3.05) is 0 Å². The fraction of sp³-hybridized carbons (Fsp3) is 0. The van der Waals surface area contributed by atoms with E-state index in [1.165, 1.54) is 10.8 Å². The summed E-state index contributed by atoms with van der Waals surface area (Å²) < 4.78 is 7.20. The Morgan fingerprint density at radius 1 is 0.281 bits per heavy atom. The average molecular weight is 729 g/mol. The van der Waals surface area contributed by atoms with Crippen LogP contribution in [0.1, 0.15) is 0 Å². The van der Waals surface area contributed by atoms with Crippen molar-refractivity contribution in [2.24, 2.45) is 0 Å². The molecule has 0 radical (unpaired) electrons. The van der Waals surface area contributed by atoms with Gasteiger partial charge in [0.05, 0.1) is 33.1 Å². The lowest BCUT2D eigenvalue weighted by atomic mass is 10.0. The first-order valence-electron chi connectivity index (χ1n) is 19.2. The molecule has 4 heterocycles. The van der Waals surface area contributed by atoms with E-state index in [0.29, 0.717) is 17.6 Å². The highest BCUT2D eigenvalue weighted by Crippen LogP contribution is 2.50. The Kier molecular flexibility index (Phi) is 6.83. The molecule has 8 aromatic carbocycles. The molecule has 0 bridgehead atoms. The molecule has 0 unspecified atom stereocenters. The van der Waals surface area contributed by atoms with Gasteiger partial charge < -0.3 is 9.13 Å². The van der Waals surface area contributed by atoms with Crippen LogP contribution in [0, 0.1) is 0 Å². The zero-order valence-electron chi connectivity index (χ0n) is 30.7. The van der Waals surface area contributed by atoms with Gasteiger partial charge in [-0.1, -0.05) is 152 Å². The lowest BCUT2D eigenvalue weighted by Crippen LogP contribution is -2.06. The molecule has 12 aromatic rings. The second-order valence-corrected chi connectivity index (χ2v) is 14.4. The van der Waals surface area contributed by atoms with Gasteiger partial charge in [0, 0.05) is 54.8 Å². The van der Waals surface area contributed by atoms with E-state index in [-0.39, 0.29) is 0 Å². The summed E-state index contributed by atoms with van der Waals surface area (Å²) in [5, 5.41) is 6.95. The topological polar surface area (TPSA) is 53.5 Å². The lowest BCUT2D eigenvalue weighted by Gasteiger charge is -2.14. The van der Waals surface area contributed by atoms with Crippen LogP contribution in [0.2, 0.25) is 0 Å². The molecule has 0 saturated carbocycles. The van der Waals surface area contributed by atoms with Crippen molar-refractivity contribution in [3.8, 4) is 40.1 Å². The first-order chi connectivity index (χ1) is 28.3. The number of para-hydroxylation sites is 5. The third-order valence-electron chi connectivity index (χ3n) is 11.3. The molecule has 0 amide bonds. The lowest BCUT2D eigenvalue weighted by molar-refractivity contribution is 0.955. The van der Waals surface area contributed by atoms with Gasteiger partial charge in [-0.3, -0.25) is 4.57 Å². The van der Waals surface area contributed by atoms with E-state index in [1.807, 2.05) is 36.4 Å². The van der Waals surface area contributed by atoms with Gasteiger partial charge in [0.25, 0.3) is 0 Å². The van der Waals surface area contributed by atoms with Crippen molar-refractivity contribution < 1.29 is 0 Å². The minimum atomic E-state index is 0.567. The minimum absolute atomic E-state index is 0.567. The van der Waals surface area contributed by atoms with Crippen LogP contribution in [0.15, 0.2) is 194 Å². The SMILES string of the molecule is c1ccc(-c2nc(-c3ccccc3)nc(-n3c4ccccc4c4c5c6ccccc6n(-c6ccccc6)c5c5c(c6ccccc6n5-c5ccccc5)c43)n2)cc1. The van der Waals surface area contributed by atoms with Crippen LogP contribution in [0.3, 0.4) is 0 Å². The van der Waals surface area contributed by atoms with E-state index in [2.05, 4.69) is 171 Å². The second-order valence-electron chi connectivity index (χ2n) is 14.4. The highest BCUT2D eigenvalue weighted by Gasteiger charge is 2.29. The molecule has 0 aliphatic carbocycles. The number of benzene rings is 8. The van der Waals surface area contributed by atoms with Crippen molar-refractivity contribution in [1.29, 1.82) is 0 Å². The Hall–Kier alpha value is -7.83. The molecule has 0 spiro atoms. The molecule has 57 heavy (non-hydrogen) atoms. The number of rotatable bonds is 5. The molecule has 0 atom stereocenters. The van der Waals surface area contributed by atoms with Crippen LogP contribution in [-0.4, -0.2) is 28.7 Å². The molecule has 0 N–H and O–H groups in total. The van der Waals surface area contributed by atoms with Crippen LogP contribution in [0.25, 0.3) is 106 Å². The molecule has 12 rings (SSSR count). The zero-order chi connectivity index (χ0) is 37.5. The van der Waals surface area contributed by atoms with Crippen molar-refractivity contribution in [1.82, 2.24) is 28.7 Å². The van der Waals surface area contributed by atoms with Gasteiger partial charge in [-0.2, -0.15) is 9.97 Å². The standard InChI is InChI=1S/C51H32N6/c1-5-19-33(20-6-1)49-52-50(34-21-7-2-8-22-34)54-51(53-49)57-42-32-18-14-28-38(42)43-44-37-27-13-16-30-40(37)55(35-23-9-3-10-24-35)47(44)48-45(46(43)57)39-29-15-17-31-41(39)56(48)36-25-11-4-12-26-36/h1-32H. The van der Waals surface area contributed by atoms with Gasteiger partial charge in [0.2, 0.25) is 5.95 Å². The summed E-state index contributed by atoms with van der Waals surface area (Å²) in [7, 11) is 0. The van der Waals surface area contributed by atoms with Gasteiger partial charge in [0.1, 0.15) is 0 Å². The molecule has 0 aliphatic heterocycles. The summed E-state index contributed by atoms with van der Waals surface area (Å²) >= 11 is 0. The minimum Gasteiger partial charge on any atom is -0.307 e. The smallest absolute Gasteiger partial charge is 0.238 e. The Bertz CT molecular complexity index is 3430. The summed E-state index contributed by atoms with van der Waals surface area (Å²) in [6.07, 6.45) is 0. The van der Waals surface area contributed by atoms with Crippen molar-refractivity contribution in [3.63, 3.8) is 0 Å². The second kappa shape index (κ2) is 12.3. The highest BCUT2D eigenvalue weighted by atomic mass is 15.2.